The molecule has 3 nitrogen and oxygen atoms in total. The molecule has 0 spiro atoms. The van der Waals surface area contributed by atoms with E-state index in [-0.39, 0.29) is 12.2 Å². The fourth-order valence-electron chi connectivity index (χ4n) is 2.86. The van der Waals surface area contributed by atoms with Gasteiger partial charge in [0.15, 0.2) is 0 Å². The van der Waals surface area contributed by atoms with Gasteiger partial charge < -0.3 is 14.6 Å². The molecule has 1 N–H and O–H groups in total. The quantitative estimate of drug-likeness (QED) is 0.893. The molecular formula is C15H20O3. The van der Waals surface area contributed by atoms with Crippen LogP contribution in [0.25, 0.3) is 0 Å². The van der Waals surface area contributed by atoms with Crippen molar-refractivity contribution in [1.29, 1.82) is 0 Å². The van der Waals surface area contributed by atoms with Crippen LogP contribution < -0.4 is 4.74 Å². The Morgan fingerprint density at radius 2 is 2.33 bits per heavy atom. The third-order valence-electron chi connectivity index (χ3n) is 3.81. The zero-order chi connectivity index (χ0) is 12.5. The maximum atomic E-state index is 10.3. The highest BCUT2D eigenvalue weighted by Crippen LogP contribution is 2.33. The number of aliphatic hydroxyl groups excluding tert-OH is 1. The van der Waals surface area contributed by atoms with Crippen molar-refractivity contribution in [2.45, 2.75) is 50.9 Å². The molecule has 1 saturated heterocycles. The van der Waals surface area contributed by atoms with Crippen LogP contribution in [0.3, 0.4) is 0 Å². The Morgan fingerprint density at radius 3 is 3.11 bits per heavy atom. The van der Waals surface area contributed by atoms with E-state index in [2.05, 4.69) is 13.0 Å². The molecule has 3 unspecified atom stereocenters. The molecular weight excluding hydrogens is 228 g/mol. The van der Waals surface area contributed by atoms with E-state index in [4.69, 9.17) is 9.47 Å². The lowest BCUT2D eigenvalue weighted by Gasteiger charge is -2.16. The summed E-state index contributed by atoms with van der Waals surface area (Å²) in [7, 11) is 0. The standard InChI is InChI=1S/C15H20O3/c1-10-7-12-8-11(4-5-15(12)18-10)14(16)9-13-3-2-6-17-13/h4-5,8,10,13-14,16H,2-3,6-7,9H2,1H3. The second kappa shape index (κ2) is 4.90. The van der Waals surface area contributed by atoms with Crippen molar-refractivity contribution in [2.24, 2.45) is 0 Å². The fraction of sp³-hybridized carbons (Fsp3) is 0.600. The molecule has 0 bridgehead atoms. The largest absolute Gasteiger partial charge is 0.490 e. The molecule has 0 amide bonds. The highest BCUT2D eigenvalue weighted by atomic mass is 16.5. The van der Waals surface area contributed by atoms with Gasteiger partial charge in [0.1, 0.15) is 11.9 Å². The Morgan fingerprint density at radius 1 is 1.44 bits per heavy atom. The van der Waals surface area contributed by atoms with Crippen molar-refractivity contribution in [3.8, 4) is 5.75 Å². The monoisotopic (exact) mass is 248 g/mol. The van der Waals surface area contributed by atoms with Crippen LogP contribution in [0.4, 0.5) is 0 Å². The molecule has 3 rings (SSSR count). The van der Waals surface area contributed by atoms with Gasteiger partial charge in [0.05, 0.1) is 12.2 Å². The molecule has 2 heterocycles. The number of fused-ring (bicyclic) bond motifs is 1. The Balaban J connectivity index is 1.70. The number of rotatable bonds is 3. The smallest absolute Gasteiger partial charge is 0.123 e. The van der Waals surface area contributed by atoms with Crippen LogP contribution in [-0.2, 0) is 11.2 Å². The van der Waals surface area contributed by atoms with Gasteiger partial charge in [-0.05, 0) is 43.0 Å². The van der Waals surface area contributed by atoms with Gasteiger partial charge in [-0.25, -0.2) is 0 Å². The van der Waals surface area contributed by atoms with Crippen molar-refractivity contribution in [2.75, 3.05) is 6.61 Å². The zero-order valence-electron chi connectivity index (χ0n) is 10.8. The lowest BCUT2D eigenvalue weighted by Crippen LogP contribution is -2.11. The Bertz CT molecular complexity index is 424. The third-order valence-corrected chi connectivity index (χ3v) is 3.81. The van der Waals surface area contributed by atoms with Gasteiger partial charge in [0, 0.05) is 19.4 Å². The van der Waals surface area contributed by atoms with Gasteiger partial charge in [-0.2, -0.15) is 0 Å². The number of hydrogen-bond donors (Lipinski definition) is 1. The summed E-state index contributed by atoms with van der Waals surface area (Å²) in [4.78, 5) is 0. The van der Waals surface area contributed by atoms with Crippen molar-refractivity contribution >= 4 is 0 Å². The highest BCUT2D eigenvalue weighted by molar-refractivity contribution is 5.41. The van der Waals surface area contributed by atoms with Gasteiger partial charge in [0.2, 0.25) is 0 Å². The first-order valence-electron chi connectivity index (χ1n) is 6.81. The van der Waals surface area contributed by atoms with E-state index in [1.54, 1.807) is 0 Å². The van der Waals surface area contributed by atoms with Crippen molar-refractivity contribution in [1.82, 2.24) is 0 Å². The van der Waals surface area contributed by atoms with Gasteiger partial charge in [-0.1, -0.05) is 6.07 Å². The zero-order valence-corrected chi connectivity index (χ0v) is 10.8. The van der Waals surface area contributed by atoms with E-state index in [0.29, 0.717) is 6.42 Å². The second-order valence-electron chi connectivity index (χ2n) is 5.39. The topological polar surface area (TPSA) is 38.7 Å². The van der Waals surface area contributed by atoms with E-state index in [9.17, 15) is 5.11 Å². The predicted octanol–water partition coefficient (Wildman–Crippen LogP) is 2.61. The molecule has 1 fully saturated rings. The van der Waals surface area contributed by atoms with Gasteiger partial charge in [-0.15, -0.1) is 0 Å². The first-order valence-corrected chi connectivity index (χ1v) is 6.81. The van der Waals surface area contributed by atoms with Crippen LogP contribution in [-0.4, -0.2) is 23.9 Å². The maximum absolute atomic E-state index is 10.3. The molecule has 0 aliphatic carbocycles. The van der Waals surface area contributed by atoms with E-state index < -0.39 is 6.10 Å². The van der Waals surface area contributed by atoms with Crippen molar-refractivity contribution in [3.05, 3.63) is 29.3 Å². The molecule has 0 saturated carbocycles. The highest BCUT2D eigenvalue weighted by Gasteiger charge is 2.23. The molecule has 1 aromatic carbocycles. The lowest BCUT2D eigenvalue weighted by molar-refractivity contribution is 0.0535. The van der Waals surface area contributed by atoms with Crippen LogP contribution in [0.1, 0.15) is 43.4 Å². The average Bonchev–Trinajstić information content (AvgIpc) is 2.95. The summed E-state index contributed by atoms with van der Waals surface area (Å²) in [5.41, 5.74) is 2.20. The van der Waals surface area contributed by atoms with Crippen LogP contribution in [0.15, 0.2) is 18.2 Å². The molecule has 18 heavy (non-hydrogen) atoms. The summed E-state index contributed by atoms with van der Waals surface area (Å²) in [6, 6.07) is 6.03. The van der Waals surface area contributed by atoms with E-state index in [1.807, 2.05) is 12.1 Å². The third kappa shape index (κ3) is 2.38. The van der Waals surface area contributed by atoms with Gasteiger partial charge >= 0.3 is 0 Å². The minimum Gasteiger partial charge on any atom is -0.490 e. The van der Waals surface area contributed by atoms with E-state index >= 15 is 0 Å². The summed E-state index contributed by atoms with van der Waals surface area (Å²) in [6.45, 7) is 2.91. The first-order chi connectivity index (χ1) is 8.72. The summed E-state index contributed by atoms with van der Waals surface area (Å²) in [6.07, 6.45) is 3.89. The van der Waals surface area contributed by atoms with Crippen LogP contribution in [0.5, 0.6) is 5.75 Å². The number of benzene rings is 1. The van der Waals surface area contributed by atoms with Gasteiger partial charge in [-0.3, -0.25) is 0 Å². The summed E-state index contributed by atoms with van der Waals surface area (Å²) < 4.78 is 11.2. The molecule has 2 aliphatic heterocycles. The number of ether oxygens (including phenoxy) is 2. The number of hydrogen-bond acceptors (Lipinski definition) is 3. The first kappa shape index (κ1) is 12.0. The molecule has 98 valence electrons. The molecule has 3 atom stereocenters. The van der Waals surface area contributed by atoms with E-state index in [1.165, 1.54) is 5.56 Å². The van der Waals surface area contributed by atoms with Crippen LogP contribution >= 0.6 is 0 Å². The van der Waals surface area contributed by atoms with Crippen LogP contribution in [0.2, 0.25) is 0 Å². The van der Waals surface area contributed by atoms with Crippen molar-refractivity contribution < 1.29 is 14.6 Å². The Labute approximate surface area is 108 Å². The summed E-state index contributed by atoms with van der Waals surface area (Å²) in [5.74, 6) is 0.968. The van der Waals surface area contributed by atoms with Gasteiger partial charge in [0.25, 0.3) is 0 Å². The summed E-state index contributed by atoms with van der Waals surface area (Å²) >= 11 is 0. The number of aliphatic hydroxyl groups is 1. The Kier molecular flexibility index (Phi) is 3.27. The molecule has 0 aromatic heterocycles. The minimum atomic E-state index is -0.422. The normalized spacial score (nSPS) is 27.9. The van der Waals surface area contributed by atoms with Crippen molar-refractivity contribution in [3.63, 3.8) is 0 Å². The maximum Gasteiger partial charge on any atom is 0.123 e. The average molecular weight is 248 g/mol. The SMILES string of the molecule is CC1Cc2cc(C(O)CC3CCCO3)ccc2O1. The molecule has 3 heteroatoms. The molecule has 2 aliphatic rings. The lowest BCUT2D eigenvalue weighted by atomic mass is 9.99. The van der Waals surface area contributed by atoms with E-state index in [0.717, 1.165) is 37.2 Å². The second-order valence-corrected chi connectivity index (χ2v) is 5.39. The molecule has 0 radical (unpaired) electrons. The fourth-order valence-corrected chi connectivity index (χ4v) is 2.86. The molecule has 1 aromatic rings. The predicted molar refractivity (Wildman–Crippen MR) is 68.8 cm³/mol. The Hall–Kier alpha value is -1.06. The minimum absolute atomic E-state index is 0.225. The summed E-state index contributed by atoms with van der Waals surface area (Å²) in [5, 5.41) is 10.3. The van der Waals surface area contributed by atoms with Crippen LogP contribution in [0, 0.1) is 0 Å².